The lowest BCUT2D eigenvalue weighted by Crippen LogP contribution is -2.42. The van der Waals surface area contributed by atoms with Gasteiger partial charge in [0.15, 0.2) is 0 Å². The van der Waals surface area contributed by atoms with Crippen molar-refractivity contribution >= 4 is 6.09 Å². The topological polar surface area (TPSA) is 41.6 Å². The van der Waals surface area contributed by atoms with E-state index in [1.165, 1.54) is 6.42 Å². The van der Waals surface area contributed by atoms with E-state index in [0.717, 1.165) is 38.4 Å². The van der Waals surface area contributed by atoms with Gasteiger partial charge in [-0.1, -0.05) is 13.8 Å². The summed E-state index contributed by atoms with van der Waals surface area (Å²) >= 11 is 0. The Balaban J connectivity index is 2.27. The number of hydrogen-bond donors (Lipinski definition) is 1. The van der Waals surface area contributed by atoms with Gasteiger partial charge in [-0.25, -0.2) is 4.79 Å². The fraction of sp³-hybridized carbons (Fsp3) is 0.933. The summed E-state index contributed by atoms with van der Waals surface area (Å²) in [7, 11) is 0. The van der Waals surface area contributed by atoms with Gasteiger partial charge in [0.1, 0.15) is 5.60 Å². The summed E-state index contributed by atoms with van der Waals surface area (Å²) in [4.78, 5) is 14.0. The van der Waals surface area contributed by atoms with Gasteiger partial charge in [-0.3, -0.25) is 0 Å². The van der Waals surface area contributed by atoms with Gasteiger partial charge < -0.3 is 15.0 Å². The Bertz CT molecular complexity index is 280. The molecule has 1 amide bonds. The van der Waals surface area contributed by atoms with Crippen molar-refractivity contribution < 1.29 is 9.53 Å². The average molecular weight is 270 g/mol. The third-order valence-corrected chi connectivity index (χ3v) is 3.04. The molecule has 4 heteroatoms. The van der Waals surface area contributed by atoms with Crippen LogP contribution in [0.2, 0.25) is 0 Å². The quantitative estimate of drug-likeness (QED) is 0.723. The molecule has 19 heavy (non-hydrogen) atoms. The molecule has 1 N–H and O–H groups in total. The third kappa shape index (κ3) is 7.41. The largest absolute Gasteiger partial charge is 0.444 e. The molecule has 0 unspecified atom stereocenters. The van der Waals surface area contributed by atoms with Crippen molar-refractivity contribution in [2.45, 2.75) is 65.5 Å². The smallest absolute Gasteiger partial charge is 0.410 e. The maximum absolute atomic E-state index is 12.1. The van der Waals surface area contributed by atoms with Crippen molar-refractivity contribution in [3.63, 3.8) is 0 Å². The number of carbonyl (C=O) groups excluding carboxylic acids is 1. The van der Waals surface area contributed by atoms with Gasteiger partial charge in [-0.2, -0.15) is 0 Å². The molecule has 1 aliphatic carbocycles. The minimum Gasteiger partial charge on any atom is -0.444 e. The predicted octanol–water partition coefficient (Wildman–Crippen LogP) is 3.02. The molecule has 0 spiro atoms. The number of rotatable bonds is 7. The van der Waals surface area contributed by atoms with Crippen LogP contribution in [0.3, 0.4) is 0 Å². The molecule has 0 bridgehead atoms. The van der Waals surface area contributed by atoms with Crippen molar-refractivity contribution in [3.05, 3.63) is 0 Å². The third-order valence-electron chi connectivity index (χ3n) is 3.04. The predicted molar refractivity (Wildman–Crippen MR) is 78.3 cm³/mol. The number of nitrogens with one attached hydrogen (secondary N) is 1. The lowest BCUT2D eigenvalue weighted by molar-refractivity contribution is 0.0236. The highest BCUT2D eigenvalue weighted by Crippen LogP contribution is 2.27. The van der Waals surface area contributed by atoms with Crippen molar-refractivity contribution in [2.24, 2.45) is 5.92 Å². The van der Waals surface area contributed by atoms with Crippen LogP contribution in [0.4, 0.5) is 4.79 Å². The van der Waals surface area contributed by atoms with Gasteiger partial charge in [-0.15, -0.1) is 0 Å². The first-order chi connectivity index (χ1) is 8.79. The fourth-order valence-corrected chi connectivity index (χ4v) is 1.84. The number of nitrogens with zero attached hydrogens (tertiary/aromatic N) is 1. The van der Waals surface area contributed by atoms with Gasteiger partial charge in [0.25, 0.3) is 0 Å². The molecule has 4 nitrogen and oxygen atoms in total. The van der Waals surface area contributed by atoms with E-state index in [1.54, 1.807) is 0 Å². The Morgan fingerprint density at radius 2 is 1.95 bits per heavy atom. The van der Waals surface area contributed by atoms with E-state index < -0.39 is 5.60 Å². The summed E-state index contributed by atoms with van der Waals surface area (Å²) in [5.41, 5.74) is -0.407. The molecule has 0 aliphatic heterocycles. The van der Waals surface area contributed by atoms with Gasteiger partial charge in [-0.05, 0) is 52.5 Å². The molecule has 1 aliphatic rings. The molecule has 0 saturated heterocycles. The van der Waals surface area contributed by atoms with Crippen molar-refractivity contribution in [2.75, 3.05) is 19.6 Å². The molecular weight excluding hydrogens is 240 g/mol. The molecule has 0 aromatic carbocycles. The molecule has 112 valence electrons. The van der Waals surface area contributed by atoms with Crippen LogP contribution in [0.1, 0.15) is 53.9 Å². The van der Waals surface area contributed by atoms with Crippen molar-refractivity contribution in [1.29, 1.82) is 0 Å². The SMILES string of the molecule is CC(C)CCNCCN(C(=O)OC(C)(C)C)C1CC1. The van der Waals surface area contributed by atoms with E-state index >= 15 is 0 Å². The zero-order valence-corrected chi connectivity index (χ0v) is 13.2. The summed E-state index contributed by atoms with van der Waals surface area (Å²) < 4.78 is 5.46. The average Bonchev–Trinajstić information content (AvgIpc) is 3.03. The second-order valence-corrected chi connectivity index (χ2v) is 6.84. The summed E-state index contributed by atoms with van der Waals surface area (Å²) in [5, 5.41) is 3.40. The zero-order chi connectivity index (χ0) is 14.5. The lowest BCUT2D eigenvalue weighted by atomic mass is 10.1. The monoisotopic (exact) mass is 270 g/mol. The maximum atomic E-state index is 12.1. The molecule has 1 saturated carbocycles. The van der Waals surface area contributed by atoms with Crippen LogP contribution in [0.15, 0.2) is 0 Å². The minimum absolute atomic E-state index is 0.166. The summed E-state index contributed by atoms with van der Waals surface area (Å²) in [6.45, 7) is 12.8. The number of hydrogen-bond acceptors (Lipinski definition) is 3. The fourth-order valence-electron chi connectivity index (χ4n) is 1.84. The van der Waals surface area contributed by atoms with E-state index in [2.05, 4.69) is 19.2 Å². The molecule has 0 aromatic heterocycles. The Morgan fingerprint density at radius 3 is 2.42 bits per heavy atom. The van der Waals surface area contributed by atoms with Gasteiger partial charge in [0.2, 0.25) is 0 Å². The van der Waals surface area contributed by atoms with Crippen LogP contribution in [0, 0.1) is 5.92 Å². The van der Waals surface area contributed by atoms with Crippen LogP contribution >= 0.6 is 0 Å². The second kappa shape index (κ2) is 7.13. The Hall–Kier alpha value is -0.770. The Labute approximate surface area is 117 Å². The van der Waals surface area contributed by atoms with Gasteiger partial charge in [0, 0.05) is 19.1 Å². The summed E-state index contributed by atoms with van der Waals surface area (Å²) in [6, 6.07) is 0.404. The zero-order valence-electron chi connectivity index (χ0n) is 13.2. The highest BCUT2D eigenvalue weighted by Gasteiger charge is 2.34. The number of carbonyl (C=O) groups is 1. The van der Waals surface area contributed by atoms with Crippen LogP contribution in [0.5, 0.6) is 0 Å². The number of ether oxygens (including phenoxy) is 1. The van der Waals surface area contributed by atoms with Crippen LogP contribution in [-0.4, -0.2) is 42.3 Å². The number of amides is 1. The van der Waals surface area contributed by atoms with Gasteiger partial charge >= 0.3 is 6.09 Å². The van der Waals surface area contributed by atoms with Gasteiger partial charge in [0.05, 0.1) is 0 Å². The molecule has 0 aromatic rings. The molecular formula is C15H30N2O2. The summed E-state index contributed by atoms with van der Waals surface area (Å²) in [5.74, 6) is 0.720. The maximum Gasteiger partial charge on any atom is 0.410 e. The van der Waals surface area contributed by atoms with Crippen LogP contribution in [-0.2, 0) is 4.74 Å². The van der Waals surface area contributed by atoms with E-state index in [0.29, 0.717) is 6.04 Å². The normalized spacial score (nSPS) is 15.7. The summed E-state index contributed by atoms with van der Waals surface area (Å²) in [6.07, 6.45) is 3.24. The second-order valence-electron chi connectivity index (χ2n) is 6.84. The van der Waals surface area contributed by atoms with E-state index in [4.69, 9.17) is 4.74 Å². The molecule has 1 rings (SSSR count). The minimum atomic E-state index is -0.407. The van der Waals surface area contributed by atoms with Crippen LogP contribution < -0.4 is 5.32 Å². The Kier molecular flexibility index (Phi) is 6.11. The highest BCUT2D eigenvalue weighted by atomic mass is 16.6. The van der Waals surface area contributed by atoms with Crippen LogP contribution in [0.25, 0.3) is 0 Å². The lowest BCUT2D eigenvalue weighted by Gasteiger charge is -2.27. The first kappa shape index (κ1) is 16.3. The van der Waals surface area contributed by atoms with E-state index in [-0.39, 0.29) is 6.09 Å². The standard InChI is InChI=1S/C15H30N2O2/c1-12(2)8-9-16-10-11-17(13-6-7-13)14(18)19-15(3,4)5/h12-13,16H,6-11H2,1-5H3. The highest BCUT2D eigenvalue weighted by molar-refractivity contribution is 5.69. The van der Waals surface area contributed by atoms with Crippen molar-refractivity contribution in [3.8, 4) is 0 Å². The molecule has 0 atom stereocenters. The van der Waals surface area contributed by atoms with Crippen molar-refractivity contribution in [1.82, 2.24) is 10.2 Å². The van der Waals surface area contributed by atoms with E-state index in [1.807, 2.05) is 25.7 Å². The first-order valence-corrected chi connectivity index (χ1v) is 7.50. The molecule has 0 heterocycles. The molecule has 0 radical (unpaired) electrons. The molecule has 1 fully saturated rings. The first-order valence-electron chi connectivity index (χ1n) is 7.50. The van der Waals surface area contributed by atoms with E-state index in [9.17, 15) is 4.79 Å². The Morgan fingerprint density at radius 1 is 1.32 bits per heavy atom.